The highest BCUT2D eigenvalue weighted by atomic mass is 35.5. The molecule has 0 aliphatic heterocycles. The number of amides is 1. The van der Waals surface area contributed by atoms with E-state index in [4.69, 9.17) is 11.6 Å². The molecule has 1 amide bonds. The maximum Gasteiger partial charge on any atom is 0.234 e. The normalized spacial score (nSPS) is 10.6. The number of benzene rings is 2. The van der Waals surface area contributed by atoms with Gasteiger partial charge in [-0.1, -0.05) is 53.7 Å². The second kappa shape index (κ2) is 7.51. The maximum absolute atomic E-state index is 12.0. The lowest BCUT2D eigenvalue weighted by Gasteiger charge is -2.06. The predicted octanol–water partition coefficient (Wildman–Crippen LogP) is 3.87. The number of anilines is 1. The van der Waals surface area contributed by atoms with Crippen molar-refractivity contribution < 1.29 is 4.79 Å². The van der Waals surface area contributed by atoms with Gasteiger partial charge in [0.25, 0.3) is 0 Å². The van der Waals surface area contributed by atoms with Crippen LogP contribution < -0.4 is 5.32 Å². The second-order valence-electron chi connectivity index (χ2n) is 5.07. The first-order valence-corrected chi connectivity index (χ1v) is 8.63. The third kappa shape index (κ3) is 3.96. The first-order valence-electron chi connectivity index (χ1n) is 7.26. The van der Waals surface area contributed by atoms with Gasteiger partial charge < -0.3 is 9.88 Å². The molecule has 7 heteroatoms. The number of halogens is 1. The van der Waals surface area contributed by atoms with Crippen LogP contribution in [0.25, 0.3) is 11.4 Å². The van der Waals surface area contributed by atoms with Crippen molar-refractivity contribution in [2.45, 2.75) is 5.16 Å². The highest BCUT2D eigenvalue weighted by Crippen LogP contribution is 2.22. The molecule has 0 saturated carbocycles. The van der Waals surface area contributed by atoms with E-state index in [0.29, 0.717) is 15.9 Å². The molecule has 0 saturated heterocycles. The molecule has 0 bridgehead atoms. The predicted molar refractivity (Wildman–Crippen MR) is 97.2 cm³/mol. The van der Waals surface area contributed by atoms with Crippen molar-refractivity contribution in [2.24, 2.45) is 7.05 Å². The minimum atomic E-state index is -0.105. The van der Waals surface area contributed by atoms with Crippen LogP contribution in [0.15, 0.2) is 59.8 Å². The van der Waals surface area contributed by atoms with Gasteiger partial charge >= 0.3 is 0 Å². The zero-order valence-electron chi connectivity index (χ0n) is 12.9. The molecule has 0 fully saturated rings. The van der Waals surface area contributed by atoms with E-state index < -0.39 is 0 Å². The van der Waals surface area contributed by atoms with Crippen LogP contribution in [-0.4, -0.2) is 26.4 Å². The summed E-state index contributed by atoms with van der Waals surface area (Å²) in [7, 11) is 1.89. The van der Waals surface area contributed by atoms with Crippen LogP contribution in [-0.2, 0) is 11.8 Å². The molecule has 0 unspecified atom stereocenters. The number of carbonyl (C=O) groups is 1. The Morgan fingerprint density at radius 3 is 2.54 bits per heavy atom. The van der Waals surface area contributed by atoms with Gasteiger partial charge in [-0.2, -0.15) is 0 Å². The summed E-state index contributed by atoms with van der Waals surface area (Å²) in [6.07, 6.45) is 0. The number of hydrogen-bond acceptors (Lipinski definition) is 4. The van der Waals surface area contributed by atoms with E-state index in [-0.39, 0.29) is 11.7 Å². The van der Waals surface area contributed by atoms with Crippen molar-refractivity contribution in [3.63, 3.8) is 0 Å². The van der Waals surface area contributed by atoms with E-state index in [0.717, 1.165) is 11.4 Å². The molecule has 3 aromatic rings. The lowest BCUT2D eigenvalue weighted by atomic mass is 10.2. The van der Waals surface area contributed by atoms with Crippen LogP contribution in [0, 0.1) is 0 Å². The van der Waals surface area contributed by atoms with Crippen molar-refractivity contribution in [3.8, 4) is 11.4 Å². The monoisotopic (exact) mass is 358 g/mol. The molecular weight excluding hydrogens is 344 g/mol. The molecule has 3 rings (SSSR count). The van der Waals surface area contributed by atoms with Gasteiger partial charge in [0, 0.05) is 23.3 Å². The quantitative estimate of drug-likeness (QED) is 0.703. The standard InChI is InChI=1S/C17H15ClN4OS/c1-22-16(12-5-3-2-4-6-12)20-21-17(22)24-11-15(23)19-14-9-7-13(18)8-10-14/h2-10H,11H2,1H3,(H,19,23). The zero-order chi connectivity index (χ0) is 16.9. The minimum absolute atomic E-state index is 0.105. The Hall–Kier alpha value is -2.31. The van der Waals surface area contributed by atoms with Crippen LogP contribution >= 0.6 is 23.4 Å². The Morgan fingerprint density at radius 2 is 1.83 bits per heavy atom. The maximum atomic E-state index is 12.0. The average molecular weight is 359 g/mol. The van der Waals surface area contributed by atoms with Crippen LogP contribution in [0.2, 0.25) is 5.02 Å². The summed E-state index contributed by atoms with van der Waals surface area (Å²) in [6.45, 7) is 0. The third-order valence-electron chi connectivity index (χ3n) is 3.33. The van der Waals surface area contributed by atoms with E-state index in [1.807, 2.05) is 41.9 Å². The number of rotatable bonds is 5. The molecule has 5 nitrogen and oxygen atoms in total. The molecule has 2 aromatic carbocycles. The molecule has 0 spiro atoms. The molecule has 1 aromatic heterocycles. The highest BCUT2D eigenvalue weighted by Gasteiger charge is 2.12. The number of nitrogens with one attached hydrogen (secondary N) is 1. The summed E-state index contributed by atoms with van der Waals surface area (Å²) in [6, 6.07) is 16.8. The van der Waals surface area contributed by atoms with E-state index in [2.05, 4.69) is 15.5 Å². The first-order chi connectivity index (χ1) is 11.6. The van der Waals surface area contributed by atoms with Crippen LogP contribution in [0.3, 0.4) is 0 Å². The van der Waals surface area contributed by atoms with Gasteiger partial charge in [-0.15, -0.1) is 10.2 Å². The Balaban J connectivity index is 1.62. The first kappa shape index (κ1) is 16.5. The molecule has 0 radical (unpaired) electrons. The topological polar surface area (TPSA) is 59.8 Å². The summed E-state index contributed by atoms with van der Waals surface area (Å²) < 4.78 is 1.88. The molecule has 0 aliphatic carbocycles. The van der Waals surface area contributed by atoms with Gasteiger partial charge in [0.2, 0.25) is 5.91 Å². The Labute approximate surface area is 149 Å². The van der Waals surface area contributed by atoms with Crippen molar-refractivity contribution in [2.75, 3.05) is 11.1 Å². The van der Waals surface area contributed by atoms with Gasteiger partial charge in [0.1, 0.15) is 0 Å². The van der Waals surface area contributed by atoms with Crippen LogP contribution in [0.1, 0.15) is 0 Å². The summed E-state index contributed by atoms with van der Waals surface area (Å²) in [4.78, 5) is 12.0. The van der Waals surface area contributed by atoms with Gasteiger partial charge in [-0.05, 0) is 24.3 Å². The fraction of sp³-hybridized carbons (Fsp3) is 0.118. The van der Waals surface area contributed by atoms with E-state index >= 15 is 0 Å². The summed E-state index contributed by atoms with van der Waals surface area (Å²) in [5, 5.41) is 12.5. The summed E-state index contributed by atoms with van der Waals surface area (Å²) in [5.41, 5.74) is 1.71. The van der Waals surface area contributed by atoms with E-state index in [1.54, 1.807) is 24.3 Å². The van der Waals surface area contributed by atoms with Crippen LogP contribution in [0.4, 0.5) is 5.69 Å². The molecule has 0 aliphatic rings. The van der Waals surface area contributed by atoms with Gasteiger partial charge in [0.15, 0.2) is 11.0 Å². The van der Waals surface area contributed by atoms with Gasteiger partial charge in [-0.3, -0.25) is 4.79 Å². The fourth-order valence-corrected chi connectivity index (χ4v) is 2.98. The van der Waals surface area contributed by atoms with Crippen LogP contribution in [0.5, 0.6) is 0 Å². The molecule has 1 N–H and O–H groups in total. The van der Waals surface area contributed by atoms with Crippen molar-refractivity contribution in [3.05, 3.63) is 59.6 Å². The molecule has 122 valence electrons. The number of thioether (sulfide) groups is 1. The number of aromatic nitrogens is 3. The van der Waals surface area contributed by atoms with Gasteiger partial charge in [0.05, 0.1) is 5.75 Å². The molecule has 24 heavy (non-hydrogen) atoms. The highest BCUT2D eigenvalue weighted by molar-refractivity contribution is 7.99. The number of nitrogens with zero attached hydrogens (tertiary/aromatic N) is 3. The van der Waals surface area contributed by atoms with Crippen molar-refractivity contribution in [1.82, 2.24) is 14.8 Å². The zero-order valence-corrected chi connectivity index (χ0v) is 14.5. The SMILES string of the molecule is Cn1c(SCC(=O)Nc2ccc(Cl)cc2)nnc1-c1ccccc1. The Kier molecular flexibility index (Phi) is 5.17. The van der Waals surface area contributed by atoms with E-state index in [9.17, 15) is 4.79 Å². The van der Waals surface area contributed by atoms with Crippen molar-refractivity contribution >= 4 is 35.0 Å². The Bertz CT molecular complexity index is 834. The Morgan fingerprint density at radius 1 is 1.12 bits per heavy atom. The second-order valence-corrected chi connectivity index (χ2v) is 6.45. The summed E-state index contributed by atoms with van der Waals surface area (Å²) >= 11 is 7.17. The largest absolute Gasteiger partial charge is 0.325 e. The minimum Gasteiger partial charge on any atom is -0.325 e. The third-order valence-corrected chi connectivity index (χ3v) is 4.60. The summed E-state index contributed by atoms with van der Waals surface area (Å²) in [5.74, 6) is 0.923. The number of hydrogen-bond donors (Lipinski definition) is 1. The fourth-order valence-electron chi connectivity index (χ4n) is 2.14. The van der Waals surface area contributed by atoms with Gasteiger partial charge in [-0.25, -0.2) is 0 Å². The van der Waals surface area contributed by atoms with E-state index in [1.165, 1.54) is 11.8 Å². The van der Waals surface area contributed by atoms with Crippen molar-refractivity contribution in [1.29, 1.82) is 0 Å². The lowest BCUT2D eigenvalue weighted by molar-refractivity contribution is -0.113. The molecular formula is C17H15ClN4OS. The number of carbonyl (C=O) groups excluding carboxylic acids is 1. The lowest BCUT2D eigenvalue weighted by Crippen LogP contribution is -2.14. The molecule has 0 atom stereocenters. The molecule has 1 heterocycles. The smallest absolute Gasteiger partial charge is 0.234 e. The average Bonchev–Trinajstić information content (AvgIpc) is 2.97.